The van der Waals surface area contributed by atoms with Crippen molar-refractivity contribution in [3.05, 3.63) is 63.2 Å². The number of hydrogen-bond acceptors (Lipinski definition) is 5. The van der Waals surface area contributed by atoms with Crippen molar-refractivity contribution in [3.8, 4) is 0 Å². The summed E-state index contributed by atoms with van der Waals surface area (Å²) in [6.45, 7) is 1.23. The summed E-state index contributed by atoms with van der Waals surface area (Å²) in [4.78, 5) is 25.3. The molecule has 0 saturated heterocycles. The molecule has 2 aromatic rings. The topological polar surface area (TPSA) is 87.5 Å². The predicted molar refractivity (Wildman–Crippen MR) is 99.7 cm³/mol. The number of anilines is 2. The fourth-order valence-corrected chi connectivity index (χ4v) is 2.47. The Labute approximate surface area is 150 Å². The van der Waals surface area contributed by atoms with Crippen LogP contribution < -0.4 is 15.5 Å². The van der Waals surface area contributed by atoms with Gasteiger partial charge in [-0.1, -0.05) is 17.7 Å². The van der Waals surface area contributed by atoms with E-state index in [0.717, 1.165) is 0 Å². The molecule has 0 saturated carbocycles. The third-order valence-corrected chi connectivity index (χ3v) is 3.90. The third kappa shape index (κ3) is 4.68. The molecule has 0 aliphatic rings. The van der Waals surface area contributed by atoms with E-state index in [4.69, 9.17) is 11.6 Å². The van der Waals surface area contributed by atoms with Gasteiger partial charge in [0, 0.05) is 30.8 Å². The number of amides is 1. The quantitative estimate of drug-likeness (QED) is 0.583. The normalized spacial score (nSPS) is 10.4. The number of benzene rings is 2. The Morgan fingerprint density at radius 1 is 1.24 bits per heavy atom. The molecule has 0 aliphatic heterocycles. The van der Waals surface area contributed by atoms with Gasteiger partial charge in [0.25, 0.3) is 5.91 Å². The van der Waals surface area contributed by atoms with E-state index in [1.807, 2.05) is 0 Å². The third-order valence-electron chi connectivity index (χ3n) is 3.65. The minimum atomic E-state index is -0.544. The van der Waals surface area contributed by atoms with Crippen LogP contribution in [0.3, 0.4) is 0 Å². The Hall–Kier alpha value is -2.64. The number of carbonyl (C=O) groups excluding carboxylic acids is 1. The second kappa shape index (κ2) is 8.46. The maximum Gasteiger partial charge on any atom is 0.305 e. The fourth-order valence-electron chi connectivity index (χ4n) is 2.35. The second-order valence-electron chi connectivity index (χ2n) is 5.42. The second-order valence-corrected chi connectivity index (χ2v) is 5.85. The molecule has 7 nitrogen and oxygen atoms in total. The van der Waals surface area contributed by atoms with Crippen LogP contribution in [0.5, 0.6) is 0 Å². The van der Waals surface area contributed by atoms with Crippen molar-refractivity contribution in [2.24, 2.45) is 0 Å². The Bertz CT molecular complexity index is 765. The highest BCUT2D eigenvalue weighted by atomic mass is 35.5. The molecule has 132 valence electrons. The first-order valence-electron chi connectivity index (χ1n) is 7.64. The number of rotatable bonds is 7. The van der Waals surface area contributed by atoms with Crippen LogP contribution in [0, 0.1) is 10.1 Å². The van der Waals surface area contributed by atoms with Crippen molar-refractivity contribution in [1.29, 1.82) is 0 Å². The molecule has 0 radical (unpaired) electrons. The van der Waals surface area contributed by atoms with E-state index >= 15 is 0 Å². The Kier molecular flexibility index (Phi) is 6.32. The lowest BCUT2D eigenvalue weighted by Crippen LogP contribution is -2.28. The van der Waals surface area contributed by atoms with Gasteiger partial charge in [0.1, 0.15) is 11.3 Å². The summed E-state index contributed by atoms with van der Waals surface area (Å²) >= 11 is 5.82. The van der Waals surface area contributed by atoms with Crippen LogP contribution in [-0.4, -0.2) is 38.0 Å². The van der Waals surface area contributed by atoms with Gasteiger partial charge >= 0.3 is 5.69 Å². The maximum atomic E-state index is 12.5. The van der Waals surface area contributed by atoms with Gasteiger partial charge in [0.2, 0.25) is 0 Å². The smallest absolute Gasteiger partial charge is 0.305 e. The van der Waals surface area contributed by atoms with Crippen LogP contribution in [0.25, 0.3) is 0 Å². The molecule has 8 heteroatoms. The number of nitro groups is 1. The van der Waals surface area contributed by atoms with Gasteiger partial charge in [-0.2, -0.15) is 0 Å². The van der Waals surface area contributed by atoms with Gasteiger partial charge in [0.15, 0.2) is 0 Å². The summed E-state index contributed by atoms with van der Waals surface area (Å²) in [7, 11) is 3.55. The number of halogens is 1. The monoisotopic (exact) mass is 362 g/mol. The molecule has 0 bridgehead atoms. The zero-order valence-electron chi connectivity index (χ0n) is 14.0. The standard InChI is InChI=1S/C17H19ClN4O3/c1-19-10-11-21(2)15-5-3-4-14(16(15)22(24)25)17(23)20-13-8-6-12(18)7-9-13/h3-9,19H,10-11H2,1-2H3,(H,20,23). The largest absolute Gasteiger partial charge is 0.368 e. The Morgan fingerprint density at radius 2 is 1.92 bits per heavy atom. The fraction of sp³-hybridized carbons (Fsp3) is 0.235. The molecule has 0 fully saturated rings. The van der Waals surface area contributed by atoms with Crippen LogP contribution in [0.15, 0.2) is 42.5 Å². The van der Waals surface area contributed by atoms with E-state index in [-0.39, 0.29) is 11.3 Å². The Morgan fingerprint density at radius 3 is 2.52 bits per heavy atom. The molecule has 0 atom stereocenters. The number of nitrogens with zero attached hydrogens (tertiary/aromatic N) is 2. The molecule has 2 rings (SSSR count). The summed E-state index contributed by atoms with van der Waals surface area (Å²) in [5, 5.41) is 17.8. The average Bonchev–Trinajstić information content (AvgIpc) is 2.60. The van der Waals surface area contributed by atoms with Crippen molar-refractivity contribution in [2.75, 3.05) is 37.4 Å². The van der Waals surface area contributed by atoms with E-state index in [1.165, 1.54) is 6.07 Å². The van der Waals surface area contributed by atoms with Crippen LogP contribution in [0.2, 0.25) is 5.02 Å². The molecule has 0 spiro atoms. The van der Waals surface area contributed by atoms with Gasteiger partial charge in [-0.05, 0) is 43.4 Å². The SMILES string of the molecule is CNCCN(C)c1cccc(C(=O)Nc2ccc(Cl)cc2)c1[N+](=O)[O-]. The minimum Gasteiger partial charge on any atom is -0.368 e. The van der Waals surface area contributed by atoms with Gasteiger partial charge < -0.3 is 15.5 Å². The summed E-state index contributed by atoms with van der Waals surface area (Å²) in [6, 6.07) is 11.2. The van der Waals surface area contributed by atoms with E-state index in [2.05, 4.69) is 10.6 Å². The zero-order valence-corrected chi connectivity index (χ0v) is 14.7. The van der Waals surface area contributed by atoms with Crippen molar-refractivity contribution < 1.29 is 9.72 Å². The lowest BCUT2D eigenvalue weighted by atomic mass is 10.1. The maximum absolute atomic E-state index is 12.5. The Balaban J connectivity index is 2.34. The highest BCUT2D eigenvalue weighted by Crippen LogP contribution is 2.31. The first-order valence-corrected chi connectivity index (χ1v) is 8.02. The summed E-state index contributed by atoms with van der Waals surface area (Å²) in [5.41, 5.74) is 0.697. The van der Waals surface area contributed by atoms with Crippen molar-refractivity contribution in [2.45, 2.75) is 0 Å². The van der Waals surface area contributed by atoms with E-state index in [1.54, 1.807) is 55.4 Å². The first kappa shape index (κ1) is 18.7. The van der Waals surface area contributed by atoms with Gasteiger partial charge in [-0.25, -0.2) is 0 Å². The van der Waals surface area contributed by atoms with Crippen LogP contribution in [0.1, 0.15) is 10.4 Å². The molecule has 25 heavy (non-hydrogen) atoms. The molecule has 1 amide bonds. The van der Waals surface area contributed by atoms with Crippen LogP contribution in [-0.2, 0) is 0 Å². The van der Waals surface area contributed by atoms with Crippen LogP contribution in [0.4, 0.5) is 17.1 Å². The lowest BCUT2D eigenvalue weighted by molar-refractivity contribution is -0.384. The van der Waals surface area contributed by atoms with E-state index < -0.39 is 10.8 Å². The lowest BCUT2D eigenvalue weighted by Gasteiger charge is -2.20. The molecular formula is C17H19ClN4O3. The van der Waals surface area contributed by atoms with Crippen molar-refractivity contribution >= 4 is 34.6 Å². The highest BCUT2D eigenvalue weighted by molar-refractivity contribution is 6.30. The van der Waals surface area contributed by atoms with Gasteiger partial charge in [-0.15, -0.1) is 0 Å². The predicted octanol–water partition coefficient (Wildman–Crippen LogP) is 3.16. The average molecular weight is 363 g/mol. The van der Waals surface area contributed by atoms with Gasteiger partial charge in [0.05, 0.1) is 4.92 Å². The number of carbonyl (C=O) groups is 1. The highest BCUT2D eigenvalue weighted by Gasteiger charge is 2.26. The first-order chi connectivity index (χ1) is 11.9. The molecule has 0 aromatic heterocycles. The zero-order chi connectivity index (χ0) is 18.4. The number of likely N-dealkylation sites (N-methyl/N-ethyl adjacent to an activating group) is 2. The molecule has 2 aromatic carbocycles. The number of nitro benzene ring substituents is 1. The van der Waals surface area contributed by atoms with Gasteiger partial charge in [-0.3, -0.25) is 14.9 Å². The van der Waals surface area contributed by atoms with E-state index in [9.17, 15) is 14.9 Å². The van der Waals surface area contributed by atoms with E-state index in [0.29, 0.717) is 29.5 Å². The summed E-state index contributed by atoms with van der Waals surface area (Å²) < 4.78 is 0. The minimum absolute atomic E-state index is 0.00811. The molecule has 0 unspecified atom stereocenters. The van der Waals surface area contributed by atoms with Crippen molar-refractivity contribution in [1.82, 2.24) is 5.32 Å². The number of hydrogen-bond donors (Lipinski definition) is 2. The number of nitrogens with one attached hydrogen (secondary N) is 2. The molecule has 0 heterocycles. The molecule has 2 N–H and O–H groups in total. The summed E-state index contributed by atoms with van der Waals surface area (Å²) in [5.74, 6) is -0.544. The number of para-hydroxylation sites is 1. The molecule has 0 aliphatic carbocycles. The van der Waals surface area contributed by atoms with Crippen molar-refractivity contribution in [3.63, 3.8) is 0 Å². The van der Waals surface area contributed by atoms with Crippen LogP contribution >= 0.6 is 11.6 Å². The summed E-state index contributed by atoms with van der Waals surface area (Å²) in [6.07, 6.45) is 0. The molecular weight excluding hydrogens is 344 g/mol.